The first kappa shape index (κ1) is 52.5. The highest BCUT2D eigenvalue weighted by Crippen LogP contribution is 2.47. The Balaban J connectivity index is 1.85. The lowest BCUT2D eigenvalue weighted by Crippen LogP contribution is -2.28. The highest BCUT2D eigenvalue weighted by atomic mass is 16.7. The van der Waals surface area contributed by atoms with Crippen LogP contribution < -0.4 is 9.47 Å². The van der Waals surface area contributed by atoms with Crippen molar-refractivity contribution in [2.45, 2.75) is 259 Å². The van der Waals surface area contributed by atoms with Crippen LogP contribution in [0.2, 0.25) is 0 Å². The SMILES string of the molecule is CCCCCC(C)(C)c1cc(CCc2cc(C(C)(C)CCCCC)c(OC(C)OCC3CO3)c(C(C)(C)CCCCC)c2)cc(C(C)(C)CCCCC)c1OC(C)OCC1CO1. The van der Waals surface area contributed by atoms with E-state index in [0.717, 1.165) is 63.2 Å². The predicted octanol–water partition coefficient (Wildman–Crippen LogP) is 15.2. The van der Waals surface area contributed by atoms with E-state index in [9.17, 15) is 0 Å². The zero-order chi connectivity index (χ0) is 45.6. The van der Waals surface area contributed by atoms with Gasteiger partial charge in [-0.25, -0.2) is 0 Å². The fourth-order valence-corrected chi connectivity index (χ4v) is 9.24. The molecule has 0 bridgehead atoms. The normalized spacial score (nSPS) is 17.9. The van der Waals surface area contributed by atoms with Crippen LogP contribution in [0.1, 0.15) is 233 Å². The minimum atomic E-state index is -0.366. The molecule has 354 valence electrons. The number of hydrogen-bond donors (Lipinski definition) is 0. The van der Waals surface area contributed by atoms with Crippen molar-refractivity contribution in [1.82, 2.24) is 0 Å². The highest BCUT2D eigenvalue weighted by molar-refractivity contribution is 5.53. The molecule has 2 aliphatic rings. The molecule has 0 spiro atoms. The first-order valence-electron chi connectivity index (χ1n) is 25.5. The van der Waals surface area contributed by atoms with E-state index in [1.54, 1.807) is 0 Å². The zero-order valence-electron chi connectivity index (χ0n) is 42.6. The molecule has 0 radical (unpaired) electrons. The number of rotatable bonds is 33. The summed E-state index contributed by atoms with van der Waals surface area (Å²) in [4.78, 5) is 0. The molecule has 6 nitrogen and oxygen atoms in total. The smallest absolute Gasteiger partial charge is 0.197 e. The van der Waals surface area contributed by atoms with Gasteiger partial charge in [-0.2, -0.15) is 0 Å². The molecule has 2 aromatic carbocycles. The average molecular weight is 863 g/mol. The first-order valence-corrected chi connectivity index (χ1v) is 25.5. The molecular weight excluding hydrogens is 769 g/mol. The van der Waals surface area contributed by atoms with Gasteiger partial charge in [0.1, 0.15) is 23.7 Å². The molecule has 0 aromatic heterocycles. The summed E-state index contributed by atoms with van der Waals surface area (Å²) in [6.45, 7) is 35.5. The lowest BCUT2D eigenvalue weighted by atomic mass is 9.72. The van der Waals surface area contributed by atoms with E-state index in [1.165, 1.54) is 110 Å². The molecule has 2 aromatic rings. The third kappa shape index (κ3) is 16.4. The molecule has 2 fully saturated rings. The molecule has 2 aliphatic heterocycles. The maximum absolute atomic E-state index is 7.01. The second-order valence-electron chi connectivity index (χ2n) is 21.9. The van der Waals surface area contributed by atoms with Crippen LogP contribution in [0.25, 0.3) is 0 Å². The second kappa shape index (κ2) is 24.4. The second-order valence-corrected chi connectivity index (χ2v) is 21.9. The minimum absolute atomic E-state index is 0.0666. The van der Waals surface area contributed by atoms with E-state index >= 15 is 0 Å². The lowest BCUT2D eigenvalue weighted by molar-refractivity contribution is -0.0728. The number of ether oxygens (including phenoxy) is 6. The summed E-state index contributed by atoms with van der Waals surface area (Å²) in [7, 11) is 0. The Labute approximate surface area is 381 Å². The largest absolute Gasteiger partial charge is 0.465 e. The molecule has 2 saturated heterocycles. The van der Waals surface area contributed by atoms with Gasteiger partial charge >= 0.3 is 0 Å². The molecule has 4 unspecified atom stereocenters. The molecule has 4 atom stereocenters. The van der Waals surface area contributed by atoms with Crippen LogP contribution in [0.4, 0.5) is 0 Å². The van der Waals surface area contributed by atoms with Crippen molar-refractivity contribution in [3.05, 3.63) is 57.6 Å². The summed E-state index contributed by atoms with van der Waals surface area (Å²) in [6, 6.07) is 10.0. The monoisotopic (exact) mass is 863 g/mol. The van der Waals surface area contributed by atoms with Gasteiger partial charge in [0.25, 0.3) is 0 Å². The van der Waals surface area contributed by atoms with Crippen LogP contribution in [0, 0.1) is 0 Å². The number of unbranched alkanes of at least 4 members (excludes halogenated alkanes) is 8. The summed E-state index contributed by atoms with van der Waals surface area (Å²) in [6.07, 6.45) is 20.6. The Hall–Kier alpha value is -2.12. The van der Waals surface area contributed by atoms with Crippen LogP contribution in [-0.2, 0) is 53.4 Å². The molecule has 0 N–H and O–H groups in total. The molecule has 0 saturated carbocycles. The van der Waals surface area contributed by atoms with Gasteiger partial charge in [0.05, 0.1) is 26.4 Å². The molecule has 6 heteroatoms. The summed E-state index contributed by atoms with van der Waals surface area (Å²) in [5.41, 5.74) is 7.83. The number of hydrogen-bond acceptors (Lipinski definition) is 6. The summed E-state index contributed by atoms with van der Waals surface area (Å²) >= 11 is 0. The van der Waals surface area contributed by atoms with Gasteiger partial charge < -0.3 is 28.4 Å². The van der Waals surface area contributed by atoms with Crippen molar-refractivity contribution in [3.8, 4) is 11.5 Å². The van der Waals surface area contributed by atoms with E-state index < -0.39 is 0 Å². The molecule has 2 heterocycles. The van der Waals surface area contributed by atoms with Crippen molar-refractivity contribution in [3.63, 3.8) is 0 Å². The van der Waals surface area contributed by atoms with Crippen LogP contribution >= 0.6 is 0 Å². The molecule has 4 rings (SSSR count). The maximum atomic E-state index is 7.01. The third-order valence-corrected chi connectivity index (χ3v) is 13.9. The summed E-state index contributed by atoms with van der Waals surface area (Å²) < 4.78 is 37.6. The van der Waals surface area contributed by atoms with Crippen molar-refractivity contribution in [1.29, 1.82) is 0 Å². The fourth-order valence-electron chi connectivity index (χ4n) is 9.24. The van der Waals surface area contributed by atoms with Gasteiger partial charge in [0.15, 0.2) is 12.6 Å². The summed E-state index contributed by atoms with van der Waals surface area (Å²) in [5, 5.41) is 0. The fraction of sp³-hybridized carbons (Fsp3) is 0.786. The van der Waals surface area contributed by atoms with E-state index in [2.05, 4.69) is 121 Å². The quantitative estimate of drug-likeness (QED) is 0.0405. The maximum Gasteiger partial charge on any atom is 0.197 e. The van der Waals surface area contributed by atoms with Crippen LogP contribution in [0.5, 0.6) is 11.5 Å². The van der Waals surface area contributed by atoms with Crippen LogP contribution in [-0.4, -0.2) is 51.2 Å². The van der Waals surface area contributed by atoms with Crippen molar-refractivity contribution < 1.29 is 28.4 Å². The third-order valence-electron chi connectivity index (χ3n) is 13.9. The molecule has 0 aliphatic carbocycles. The number of epoxide rings is 2. The zero-order valence-corrected chi connectivity index (χ0v) is 42.6. The Kier molecular flexibility index (Phi) is 20.7. The van der Waals surface area contributed by atoms with E-state index in [-0.39, 0.29) is 46.4 Å². The van der Waals surface area contributed by atoms with Gasteiger partial charge in [-0.3, -0.25) is 0 Å². The Morgan fingerprint density at radius 1 is 0.468 bits per heavy atom. The van der Waals surface area contributed by atoms with Crippen molar-refractivity contribution in [2.75, 3.05) is 26.4 Å². The Bertz CT molecular complexity index is 1410. The predicted molar refractivity (Wildman–Crippen MR) is 261 cm³/mol. The van der Waals surface area contributed by atoms with Crippen molar-refractivity contribution in [2.24, 2.45) is 0 Å². The Morgan fingerprint density at radius 3 is 0.952 bits per heavy atom. The molecule has 62 heavy (non-hydrogen) atoms. The van der Waals surface area contributed by atoms with Crippen LogP contribution in [0.3, 0.4) is 0 Å². The highest BCUT2D eigenvalue weighted by Gasteiger charge is 2.36. The number of aryl methyl sites for hydroxylation is 2. The average Bonchev–Trinajstić information content (AvgIpc) is 4.15. The van der Waals surface area contributed by atoms with E-state index in [0.29, 0.717) is 13.2 Å². The Morgan fingerprint density at radius 2 is 0.726 bits per heavy atom. The lowest BCUT2D eigenvalue weighted by Gasteiger charge is -2.36. The molecule has 0 amide bonds. The standard InChI is InChI=1S/C56H94O6/c1-15-19-23-29-53(7,8)47-33-43(34-48(54(9,10)30-24-20-16-2)51(47)61-41(5)57-37-45-39-59-45)27-28-44-35-49(55(11,12)31-25-21-17-3)52(62-42(6)58-38-46-40-60-46)50(36-44)56(13,14)32-26-22-18-4/h33-36,41-42,45-46H,15-32,37-40H2,1-14H3. The van der Waals surface area contributed by atoms with Gasteiger partial charge in [0.2, 0.25) is 0 Å². The summed E-state index contributed by atoms with van der Waals surface area (Å²) in [5.74, 6) is 2.08. The number of benzene rings is 2. The first-order chi connectivity index (χ1) is 29.4. The van der Waals surface area contributed by atoms with Gasteiger partial charge in [0, 0.05) is 22.3 Å². The minimum Gasteiger partial charge on any atom is -0.465 e. The van der Waals surface area contributed by atoms with E-state index in [4.69, 9.17) is 28.4 Å². The van der Waals surface area contributed by atoms with E-state index in [1.807, 2.05) is 0 Å². The van der Waals surface area contributed by atoms with Gasteiger partial charge in [-0.15, -0.1) is 0 Å². The van der Waals surface area contributed by atoms with Gasteiger partial charge in [-0.1, -0.05) is 184 Å². The topological polar surface area (TPSA) is 62.0 Å². The van der Waals surface area contributed by atoms with Crippen molar-refractivity contribution >= 4 is 0 Å². The van der Waals surface area contributed by atoms with Gasteiger partial charge in [-0.05, 0) is 85.2 Å². The molecular formula is C56H94O6. The van der Waals surface area contributed by atoms with Crippen LogP contribution in [0.15, 0.2) is 24.3 Å².